The molecule has 3 rings (SSSR count). The molecule has 0 radical (unpaired) electrons. The number of hydrogen-bond donors (Lipinski definition) is 1. The van der Waals surface area contributed by atoms with Gasteiger partial charge in [-0.1, -0.05) is 30.3 Å². The van der Waals surface area contributed by atoms with Gasteiger partial charge < -0.3 is 14.6 Å². The van der Waals surface area contributed by atoms with Crippen LogP contribution in [0.2, 0.25) is 0 Å². The summed E-state index contributed by atoms with van der Waals surface area (Å²) >= 11 is 0. The Labute approximate surface area is 153 Å². The summed E-state index contributed by atoms with van der Waals surface area (Å²) in [7, 11) is 0. The summed E-state index contributed by atoms with van der Waals surface area (Å²) in [6.45, 7) is 4.87. The van der Waals surface area contributed by atoms with Crippen LogP contribution in [0.15, 0.2) is 34.7 Å². The Balaban J connectivity index is 1.43. The van der Waals surface area contributed by atoms with Crippen molar-refractivity contribution in [3.8, 4) is 0 Å². The molecule has 1 aromatic heterocycles. The van der Waals surface area contributed by atoms with Crippen molar-refractivity contribution in [3.05, 3.63) is 53.2 Å². The van der Waals surface area contributed by atoms with E-state index in [4.69, 9.17) is 4.42 Å². The number of oxazole rings is 1. The molecule has 1 aliphatic rings. The summed E-state index contributed by atoms with van der Waals surface area (Å²) in [5.74, 6) is 0.785. The van der Waals surface area contributed by atoms with Crippen LogP contribution in [0.1, 0.15) is 40.5 Å². The van der Waals surface area contributed by atoms with Gasteiger partial charge in [-0.05, 0) is 37.7 Å². The van der Waals surface area contributed by atoms with E-state index in [1.54, 1.807) is 13.8 Å². The minimum atomic E-state index is -0.393. The average molecular weight is 355 g/mol. The van der Waals surface area contributed by atoms with Gasteiger partial charge in [0.1, 0.15) is 0 Å². The number of piperidine rings is 1. The topological polar surface area (TPSA) is 75.4 Å². The van der Waals surface area contributed by atoms with E-state index in [0.29, 0.717) is 17.5 Å². The van der Waals surface area contributed by atoms with E-state index >= 15 is 0 Å². The highest BCUT2D eigenvalue weighted by Gasteiger charge is 2.24. The van der Waals surface area contributed by atoms with Gasteiger partial charge in [0.15, 0.2) is 5.89 Å². The van der Waals surface area contributed by atoms with Crippen LogP contribution >= 0.6 is 0 Å². The molecule has 1 N–H and O–H groups in total. The van der Waals surface area contributed by atoms with Crippen LogP contribution in [-0.4, -0.2) is 41.3 Å². The summed E-state index contributed by atoms with van der Waals surface area (Å²) in [5, 5.41) is 2.64. The van der Waals surface area contributed by atoms with E-state index in [0.717, 1.165) is 32.4 Å². The van der Waals surface area contributed by atoms with Crippen molar-refractivity contribution >= 4 is 11.8 Å². The van der Waals surface area contributed by atoms with Gasteiger partial charge >= 0.3 is 0 Å². The molecule has 0 bridgehead atoms. The zero-order valence-electron chi connectivity index (χ0n) is 15.3. The van der Waals surface area contributed by atoms with Crippen LogP contribution in [0.3, 0.4) is 0 Å². The van der Waals surface area contributed by atoms with E-state index in [-0.39, 0.29) is 18.2 Å². The molecule has 0 atom stereocenters. The Morgan fingerprint density at radius 1 is 1.19 bits per heavy atom. The standard InChI is InChI=1S/C20H25N3O3/c1-14-19(26-15(2)22-14)20(25)21-13-18(24)23-10-8-17(9-11-23)12-16-6-4-3-5-7-16/h3-7,17H,8-13H2,1-2H3,(H,21,25). The largest absolute Gasteiger partial charge is 0.436 e. The molecule has 2 heterocycles. The highest BCUT2D eigenvalue weighted by molar-refractivity contribution is 5.95. The van der Waals surface area contributed by atoms with Crippen molar-refractivity contribution in [1.29, 1.82) is 0 Å². The van der Waals surface area contributed by atoms with Gasteiger partial charge in [-0.15, -0.1) is 0 Å². The number of aryl methyl sites for hydroxylation is 2. The predicted octanol–water partition coefficient (Wildman–Crippen LogP) is 2.50. The van der Waals surface area contributed by atoms with Gasteiger partial charge in [0.25, 0.3) is 5.91 Å². The van der Waals surface area contributed by atoms with Crippen molar-refractivity contribution in [1.82, 2.24) is 15.2 Å². The Hall–Kier alpha value is -2.63. The third-order valence-corrected chi connectivity index (χ3v) is 4.84. The molecule has 1 aliphatic heterocycles. The number of aromatic nitrogens is 1. The molecular weight excluding hydrogens is 330 g/mol. The second-order valence-corrected chi connectivity index (χ2v) is 6.84. The normalized spacial score (nSPS) is 15.1. The van der Waals surface area contributed by atoms with Gasteiger partial charge in [-0.3, -0.25) is 9.59 Å². The lowest BCUT2D eigenvalue weighted by molar-refractivity contribution is -0.131. The summed E-state index contributed by atoms with van der Waals surface area (Å²) < 4.78 is 5.28. The molecule has 1 aromatic carbocycles. The minimum Gasteiger partial charge on any atom is -0.436 e. The first-order valence-corrected chi connectivity index (χ1v) is 9.07. The number of carbonyl (C=O) groups excluding carboxylic acids is 2. The monoisotopic (exact) mass is 355 g/mol. The highest BCUT2D eigenvalue weighted by atomic mass is 16.4. The molecule has 6 nitrogen and oxygen atoms in total. The lowest BCUT2D eigenvalue weighted by atomic mass is 9.90. The Morgan fingerprint density at radius 3 is 2.50 bits per heavy atom. The Morgan fingerprint density at radius 2 is 1.88 bits per heavy atom. The van der Waals surface area contributed by atoms with E-state index in [1.807, 2.05) is 11.0 Å². The van der Waals surface area contributed by atoms with E-state index in [1.165, 1.54) is 5.56 Å². The number of likely N-dealkylation sites (tertiary alicyclic amines) is 1. The van der Waals surface area contributed by atoms with Gasteiger partial charge in [-0.2, -0.15) is 0 Å². The van der Waals surface area contributed by atoms with Crippen LogP contribution in [0.25, 0.3) is 0 Å². The SMILES string of the molecule is Cc1nc(C)c(C(=O)NCC(=O)N2CCC(Cc3ccccc3)CC2)o1. The number of nitrogens with one attached hydrogen (secondary N) is 1. The molecule has 0 unspecified atom stereocenters. The third kappa shape index (κ3) is 4.50. The Bertz CT molecular complexity index is 762. The van der Waals surface area contributed by atoms with Crippen LogP contribution in [0, 0.1) is 19.8 Å². The molecule has 138 valence electrons. The number of nitrogens with zero attached hydrogens (tertiary/aromatic N) is 2. The van der Waals surface area contributed by atoms with Gasteiger partial charge in [0.05, 0.1) is 12.2 Å². The maximum atomic E-state index is 12.4. The molecule has 2 amide bonds. The number of carbonyl (C=O) groups is 2. The summed E-state index contributed by atoms with van der Waals surface area (Å²) in [6.07, 6.45) is 3.05. The summed E-state index contributed by atoms with van der Waals surface area (Å²) in [4.78, 5) is 30.4. The van der Waals surface area contributed by atoms with Crippen molar-refractivity contribution in [3.63, 3.8) is 0 Å². The van der Waals surface area contributed by atoms with E-state index < -0.39 is 5.91 Å². The lowest BCUT2D eigenvalue weighted by Crippen LogP contribution is -2.44. The predicted molar refractivity (Wildman–Crippen MR) is 97.8 cm³/mol. The second-order valence-electron chi connectivity index (χ2n) is 6.84. The molecule has 0 spiro atoms. The van der Waals surface area contributed by atoms with Gasteiger partial charge in [0, 0.05) is 20.0 Å². The maximum absolute atomic E-state index is 12.4. The van der Waals surface area contributed by atoms with Crippen molar-refractivity contribution in [2.75, 3.05) is 19.6 Å². The zero-order valence-corrected chi connectivity index (χ0v) is 15.3. The van der Waals surface area contributed by atoms with Gasteiger partial charge in [-0.25, -0.2) is 4.98 Å². The molecule has 26 heavy (non-hydrogen) atoms. The molecule has 0 aliphatic carbocycles. The highest BCUT2D eigenvalue weighted by Crippen LogP contribution is 2.21. The van der Waals surface area contributed by atoms with Gasteiger partial charge in [0.2, 0.25) is 11.7 Å². The van der Waals surface area contributed by atoms with E-state index in [9.17, 15) is 9.59 Å². The quantitative estimate of drug-likeness (QED) is 0.894. The first-order chi connectivity index (χ1) is 12.5. The zero-order chi connectivity index (χ0) is 18.5. The second kappa shape index (κ2) is 8.17. The van der Waals surface area contributed by atoms with Crippen LogP contribution in [0.4, 0.5) is 0 Å². The fourth-order valence-corrected chi connectivity index (χ4v) is 3.42. The molecule has 1 saturated heterocycles. The first-order valence-electron chi connectivity index (χ1n) is 9.07. The summed E-state index contributed by atoms with van der Waals surface area (Å²) in [5.41, 5.74) is 1.89. The van der Waals surface area contributed by atoms with Crippen LogP contribution in [-0.2, 0) is 11.2 Å². The molecule has 6 heteroatoms. The van der Waals surface area contributed by atoms with E-state index in [2.05, 4.69) is 34.6 Å². The van der Waals surface area contributed by atoms with Crippen molar-refractivity contribution in [2.24, 2.45) is 5.92 Å². The van der Waals surface area contributed by atoms with Crippen LogP contribution < -0.4 is 5.32 Å². The third-order valence-electron chi connectivity index (χ3n) is 4.84. The Kier molecular flexibility index (Phi) is 5.71. The number of rotatable bonds is 5. The van der Waals surface area contributed by atoms with Crippen molar-refractivity contribution < 1.29 is 14.0 Å². The number of hydrogen-bond acceptors (Lipinski definition) is 4. The smallest absolute Gasteiger partial charge is 0.289 e. The number of amides is 2. The average Bonchev–Trinajstić information content (AvgIpc) is 2.99. The summed E-state index contributed by atoms with van der Waals surface area (Å²) in [6, 6.07) is 10.5. The molecule has 0 saturated carbocycles. The van der Waals surface area contributed by atoms with Crippen molar-refractivity contribution in [2.45, 2.75) is 33.1 Å². The first kappa shape index (κ1) is 18.2. The lowest BCUT2D eigenvalue weighted by Gasteiger charge is -2.32. The maximum Gasteiger partial charge on any atom is 0.289 e. The molecular formula is C20H25N3O3. The van der Waals surface area contributed by atoms with Crippen LogP contribution in [0.5, 0.6) is 0 Å². The fraction of sp³-hybridized carbons (Fsp3) is 0.450. The molecule has 2 aromatic rings. The minimum absolute atomic E-state index is 0.0125. The molecule has 1 fully saturated rings. The fourth-order valence-electron chi connectivity index (χ4n) is 3.42. The number of benzene rings is 1.